The summed E-state index contributed by atoms with van der Waals surface area (Å²) in [7, 11) is -3.56. The number of rotatable bonds is 3. The second-order valence-electron chi connectivity index (χ2n) is 5.35. The van der Waals surface area contributed by atoms with Crippen LogP contribution in [0, 0.1) is 0 Å². The van der Waals surface area contributed by atoms with Gasteiger partial charge in [-0.1, -0.05) is 0 Å². The van der Waals surface area contributed by atoms with Crippen LogP contribution in [0.3, 0.4) is 0 Å². The van der Waals surface area contributed by atoms with Gasteiger partial charge in [-0.15, -0.1) is 11.3 Å². The molecule has 0 radical (unpaired) electrons. The third kappa shape index (κ3) is 3.00. The highest BCUT2D eigenvalue weighted by Crippen LogP contribution is 2.30. The van der Waals surface area contributed by atoms with Crippen molar-refractivity contribution < 1.29 is 18.3 Å². The first-order valence-electron chi connectivity index (χ1n) is 6.11. The molecular formula is C12H19NO4S2. The van der Waals surface area contributed by atoms with E-state index in [1.165, 1.54) is 15.6 Å². The summed E-state index contributed by atoms with van der Waals surface area (Å²) in [6.45, 7) is 6.03. The lowest BCUT2D eigenvalue weighted by molar-refractivity contribution is -0.109. The minimum Gasteiger partial charge on any atom is -0.391 e. The van der Waals surface area contributed by atoms with E-state index in [9.17, 15) is 13.5 Å². The summed E-state index contributed by atoms with van der Waals surface area (Å²) in [5.74, 6) is 0. The minimum atomic E-state index is -3.56. The molecule has 1 aromatic heterocycles. The summed E-state index contributed by atoms with van der Waals surface area (Å²) < 4.78 is 32.4. The van der Waals surface area contributed by atoms with Gasteiger partial charge in [-0.05, 0) is 32.2 Å². The predicted molar refractivity (Wildman–Crippen MR) is 73.6 cm³/mol. The van der Waals surface area contributed by atoms with Crippen molar-refractivity contribution in [3.63, 3.8) is 0 Å². The SMILES string of the molecule is CC1CN(S(=O)(=O)c2ccsc2CO)CC(C)(C)O1. The Morgan fingerprint density at radius 2 is 2.26 bits per heavy atom. The molecule has 1 aliphatic rings. The molecule has 0 aromatic carbocycles. The number of ether oxygens (including phenoxy) is 1. The lowest BCUT2D eigenvalue weighted by Crippen LogP contribution is -2.53. The van der Waals surface area contributed by atoms with Crippen LogP contribution >= 0.6 is 11.3 Å². The quantitative estimate of drug-likeness (QED) is 0.917. The van der Waals surface area contributed by atoms with E-state index < -0.39 is 15.6 Å². The van der Waals surface area contributed by atoms with Gasteiger partial charge in [0, 0.05) is 18.0 Å². The first kappa shape index (κ1) is 14.9. The Bertz CT molecular complexity index is 550. The zero-order valence-corrected chi connectivity index (χ0v) is 12.9. The Morgan fingerprint density at radius 1 is 1.58 bits per heavy atom. The summed E-state index contributed by atoms with van der Waals surface area (Å²) >= 11 is 1.25. The third-order valence-electron chi connectivity index (χ3n) is 3.00. The number of hydrogen-bond acceptors (Lipinski definition) is 5. The van der Waals surface area contributed by atoms with Gasteiger partial charge in [-0.25, -0.2) is 8.42 Å². The Kier molecular flexibility index (Phi) is 4.04. The molecule has 1 aliphatic heterocycles. The number of sulfonamides is 1. The number of morpholine rings is 1. The lowest BCUT2D eigenvalue weighted by Gasteiger charge is -2.40. The predicted octanol–water partition coefficient (Wildman–Crippen LogP) is 1.43. The second-order valence-corrected chi connectivity index (χ2v) is 8.26. The van der Waals surface area contributed by atoms with E-state index in [-0.39, 0.29) is 17.6 Å². The molecule has 1 atom stereocenters. The van der Waals surface area contributed by atoms with Gasteiger partial charge >= 0.3 is 0 Å². The normalized spacial score (nSPS) is 24.5. The molecule has 2 rings (SSSR count). The van der Waals surface area contributed by atoms with Crippen molar-refractivity contribution in [2.24, 2.45) is 0 Å². The van der Waals surface area contributed by atoms with Crippen molar-refractivity contribution in [2.45, 2.75) is 44.0 Å². The summed E-state index contributed by atoms with van der Waals surface area (Å²) in [5, 5.41) is 10.9. The smallest absolute Gasteiger partial charge is 0.244 e. The van der Waals surface area contributed by atoms with Gasteiger partial charge in [0.05, 0.1) is 23.2 Å². The van der Waals surface area contributed by atoms with Crippen molar-refractivity contribution in [2.75, 3.05) is 13.1 Å². The van der Waals surface area contributed by atoms with Gasteiger partial charge in [0.2, 0.25) is 10.0 Å². The fourth-order valence-corrected chi connectivity index (χ4v) is 5.32. The molecule has 1 unspecified atom stereocenters. The molecule has 7 heteroatoms. The van der Waals surface area contributed by atoms with E-state index in [0.29, 0.717) is 18.0 Å². The summed E-state index contributed by atoms with van der Waals surface area (Å²) in [6.07, 6.45) is -0.144. The molecule has 1 saturated heterocycles. The molecular weight excluding hydrogens is 286 g/mol. The van der Waals surface area contributed by atoms with Gasteiger partial charge < -0.3 is 9.84 Å². The van der Waals surface area contributed by atoms with E-state index in [1.54, 1.807) is 11.4 Å². The van der Waals surface area contributed by atoms with E-state index >= 15 is 0 Å². The van der Waals surface area contributed by atoms with Crippen LogP contribution < -0.4 is 0 Å². The largest absolute Gasteiger partial charge is 0.391 e. The molecule has 0 spiro atoms. The monoisotopic (exact) mass is 305 g/mol. The number of aliphatic hydroxyl groups is 1. The van der Waals surface area contributed by atoms with E-state index in [1.807, 2.05) is 20.8 Å². The van der Waals surface area contributed by atoms with Gasteiger partial charge in [0.1, 0.15) is 0 Å². The molecule has 0 amide bonds. The van der Waals surface area contributed by atoms with Crippen molar-refractivity contribution in [1.29, 1.82) is 0 Å². The van der Waals surface area contributed by atoms with Crippen molar-refractivity contribution >= 4 is 21.4 Å². The minimum absolute atomic E-state index is 0.144. The average molecular weight is 305 g/mol. The molecule has 1 N–H and O–H groups in total. The zero-order valence-electron chi connectivity index (χ0n) is 11.3. The van der Waals surface area contributed by atoms with Gasteiger partial charge in [0.25, 0.3) is 0 Å². The van der Waals surface area contributed by atoms with Crippen molar-refractivity contribution in [3.05, 3.63) is 16.3 Å². The number of nitrogens with zero attached hydrogens (tertiary/aromatic N) is 1. The van der Waals surface area contributed by atoms with Gasteiger partial charge in [0.15, 0.2) is 0 Å². The van der Waals surface area contributed by atoms with Crippen LogP contribution in [0.25, 0.3) is 0 Å². The standard InChI is InChI=1S/C12H19NO4S2/c1-9-6-13(8-12(2,3)17-9)19(15,16)11-4-5-18-10(11)7-14/h4-5,9,14H,6-8H2,1-3H3. The van der Waals surface area contributed by atoms with Crippen LogP contribution in [0.1, 0.15) is 25.6 Å². The molecule has 1 aromatic rings. The third-order valence-corrected chi connectivity index (χ3v) is 5.94. The molecule has 0 aliphatic carbocycles. The number of hydrogen-bond donors (Lipinski definition) is 1. The van der Waals surface area contributed by atoms with Gasteiger partial charge in [-0.2, -0.15) is 4.31 Å². The fraction of sp³-hybridized carbons (Fsp3) is 0.667. The van der Waals surface area contributed by atoms with Crippen LogP contribution in [0.15, 0.2) is 16.3 Å². The molecule has 2 heterocycles. The van der Waals surface area contributed by atoms with Crippen molar-refractivity contribution in [1.82, 2.24) is 4.31 Å². The van der Waals surface area contributed by atoms with Crippen LogP contribution in [0.4, 0.5) is 0 Å². The maximum absolute atomic E-state index is 12.6. The molecule has 0 saturated carbocycles. The van der Waals surface area contributed by atoms with Crippen LogP contribution in [-0.4, -0.2) is 42.6 Å². The fourth-order valence-electron chi connectivity index (χ4n) is 2.39. The van der Waals surface area contributed by atoms with Crippen molar-refractivity contribution in [3.8, 4) is 0 Å². The summed E-state index contributed by atoms with van der Waals surface area (Å²) in [5.41, 5.74) is -0.500. The van der Waals surface area contributed by atoms with Crippen LogP contribution in [-0.2, 0) is 21.4 Å². The summed E-state index contributed by atoms with van der Waals surface area (Å²) in [4.78, 5) is 0.696. The first-order chi connectivity index (χ1) is 8.76. The molecule has 1 fully saturated rings. The Hall–Kier alpha value is -0.470. The lowest BCUT2D eigenvalue weighted by atomic mass is 10.1. The number of thiophene rings is 1. The maximum Gasteiger partial charge on any atom is 0.244 e. The maximum atomic E-state index is 12.6. The highest BCUT2D eigenvalue weighted by Gasteiger charge is 2.38. The molecule has 19 heavy (non-hydrogen) atoms. The van der Waals surface area contributed by atoms with E-state index in [4.69, 9.17) is 4.74 Å². The Morgan fingerprint density at radius 3 is 2.84 bits per heavy atom. The second kappa shape index (κ2) is 5.14. The van der Waals surface area contributed by atoms with Crippen LogP contribution in [0.5, 0.6) is 0 Å². The highest BCUT2D eigenvalue weighted by molar-refractivity contribution is 7.89. The number of aliphatic hydroxyl groups excluding tert-OH is 1. The van der Waals surface area contributed by atoms with E-state index in [0.717, 1.165) is 0 Å². The highest BCUT2D eigenvalue weighted by atomic mass is 32.2. The molecule has 0 bridgehead atoms. The first-order valence-corrected chi connectivity index (χ1v) is 8.43. The van der Waals surface area contributed by atoms with E-state index in [2.05, 4.69) is 0 Å². The zero-order chi connectivity index (χ0) is 14.3. The summed E-state index contributed by atoms with van der Waals surface area (Å²) in [6, 6.07) is 1.55. The Balaban J connectivity index is 2.34. The average Bonchev–Trinajstić information content (AvgIpc) is 2.74. The van der Waals surface area contributed by atoms with Gasteiger partial charge in [-0.3, -0.25) is 0 Å². The van der Waals surface area contributed by atoms with Crippen LogP contribution in [0.2, 0.25) is 0 Å². The molecule has 5 nitrogen and oxygen atoms in total. The topological polar surface area (TPSA) is 66.8 Å². The Labute approximate surface area is 117 Å². The molecule has 108 valence electrons.